The maximum atomic E-state index is 13.0. The van der Waals surface area contributed by atoms with E-state index in [0.717, 1.165) is 31.5 Å². The monoisotopic (exact) mass is 368 g/mol. The first-order valence-corrected chi connectivity index (χ1v) is 10.8. The van der Waals surface area contributed by atoms with E-state index >= 15 is 0 Å². The molecular formula is C17H28N4O3S. The zero-order valence-corrected chi connectivity index (χ0v) is 15.9. The lowest BCUT2D eigenvalue weighted by Crippen LogP contribution is -2.50. The number of likely N-dealkylation sites (N-methyl/N-ethyl adjacent to an activating group) is 1. The first kappa shape index (κ1) is 18.4. The number of hydrogen-bond donors (Lipinski definition) is 0. The van der Waals surface area contributed by atoms with Gasteiger partial charge in [0.15, 0.2) is 9.84 Å². The van der Waals surface area contributed by atoms with Gasteiger partial charge >= 0.3 is 0 Å². The maximum absolute atomic E-state index is 13.0. The van der Waals surface area contributed by atoms with Gasteiger partial charge in [0, 0.05) is 31.5 Å². The van der Waals surface area contributed by atoms with Gasteiger partial charge in [-0.1, -0.05) is 12.8 Å². The number of hydrogen-bond acceptors (Lipinski definition) is 5. The van der Waals surface area contributed by atoms with Crippen molar-refractivity contribution in [3.8, 4) is 0 Å². The minimum Gasteiger partial charge on any atom is -0.337 e. The van der Waals surface area contributed by atoms with Crippen molar-refractivity contribution in [2.45, 2.75) is 50.7 Å². The third kappa shape index (κ3) is 4.41. The molecule has 1 aromatic heterocycles. The molecule has 0 aromatic carbocycles. The molecule has 1 aliphatic carbocycles. The fourth-order valence-corrected chi connectivity index (χ4v) is 5.75. The zero-order chi connectivity index (χ0) is 18.0. The van der Waals surface area contributed by atoms with Crippen LogP contribution in [-0.4, -0.2) is 70.9 Å². The lowest BCUT2D eigenvalue weighted by Gasteiger charge is -2.35. The molecule has 0 radical (unpaired) electrons. The van der Waals surface area contributed by atoms with Gasteiger partial charge in [-0.25, -0.2) is 13.4 Å². The average Bonchev–Trinajstić information content (AvgIpc) is 3.24. The van der Waals surface area contributed by atoms with Crippen LogP contribution in [0.25, 0.3) is 0 Å². The van der Waals surface area contributed by atoms with Crippen molar-refractivity contribution in [3.05, 3.63) is 18.2 Å². The van der Waals surface area contributed by atoms with Gasteiger partial charge in [0.2, 0.25) is 5.91 Å². The predicted molar refractivity (Wildman–Crippen MR) is 95.7 cm³/mol. The van der Waals surface area contributed by atoms with Crippen LogP contribution >= 0.6 is 0 Å². The maximum Gasteiger partial charge on any atom is 0.237 e. The Labute approximate surface area is 149 Å². The van der Waals surface area contributed by atoms with E-state index < -0.39 is 9.84 Å². The summed E-state index contributed by atoms with van der Waals surface area (Å²) in [7, 11) is 0.845. The molecule has 2 heterocycles. The van der Waals surface area contributed by atoms with Crippen LogP contribution in [0.15, 0.2) is 12.4 Å². The van der Waals surface area contributed by atoms with E-state index in [4.69, 9.17) is 0 Å². The molecule has 1 saturated heterocycles. The quantitative estimate of drug-likeness (QED) is 0.743. The molecule has 8 heteroatoms. The number of carbonyl (C=O) groups excluding carboxylic acids is 1. The Morgan fingerprint density at radius 1 is 1.28 bits per heavy atom. The van der Waals surface area contributed by atoms with Crippen LogP contribution in [0.5, 0.6) is 0 Å². The van der Waals surface area contributed by atoms with Crippen molar-refractivity contribution in [1.82, 2.24) is 19.4 Å². The van der Waals surface area contributed by atoms with Crippen molar-refractivity contribution < 1.29 is 13.2 Å². The highest BCUT2D eigenvalue weighted by atomic mass is 32.2. The Kier molecular flexibility index (Phi) is 5.48. The van der Waals surface area contributed by atoms with Crippen LogP contribution < -0.4 is 0 Å². The summed E-state index contributed by atoms with van der Waals surface area (Å²) in [5.74, 6) is 1.28. The fraction of sp³-hybridized carbons (Fsp3) is 0.765. The first-order chi connectivity index (χ1) is 11.9. The van der Waals surface area contributed by atoms with Gasteiger partial charge in [-0.3, -0.25) is 9.69 Å². The Hall–Kier alpha value is -1.41. The number of nitrogens with zero attached hydrogens (tertiary/aromatic N) is 4. The standard InChI is InChI=1S/C17H28N4O3S/c1-19(11-16-18-8-9-20(16)2)12-17(22)21(14-5-3-4-6-14)15-7-10-25(23,24)13-15/h8-9,14-15H,3-7,10-13H2,1-2H3. The summed E-state index contributed by atoms with van der Waals surface area (Å²) in [5, 5.41) is 0. The van der Waals surface area contributed by atoms with Crippen LogP contribution in [0.2, 0.25) is 0 Å². The van der Waals surface area contributed by atoms with Gasteiger partial charge in [0.05, 0.1) is 24.6 Å². The molecule has 1 aliphatic heterocycles. The fourth-order valence-electron chi connectivity index (χ4n) is 4.04. The zero-order valence-electron chi connectivity index (χ0n) is 15.1. The van der Waals surface area contributed by atoms with Crippen LogP contribution in [0.1, 0.15) is 37.9 Å². The highest BCUT2D eigenvalue weighted by Gasteiger charge is 2.39. The second kappa shape index (κ2) is 7.45. The molecule has 0 bridgehead atoms. The summed E-state index contributed by atoms with van der Waals surface area (Å²) < 4.78 is 25.7. The number of aryl methyl sites for hydroxylation is 1. The van der Waals surface area contributed by atoms with E-state index in [1.165, 1.54) is 0 Å². The molecule has 3 rings (SSSR count). The summed E-state index contributed by atoms with van der Waals surface area (Å²) >= 11 is 0. The van der Waals surface area contributed by atoms with E-state index in [1.807, 2.05) is 34.7 Å². The van der Waals surface area contributed by atoms with E-state index in [9.17, 15) is 13.2 Å². The largest absolute Gasteiger partial charge is 0.337 e. The molecule has 0 N–H and O–H groups in total. The van der Waals surface area contributed by atoms with Crippen LogP contribution in [-0.2, 0) is 28.2 Å². The number of imidazole rings is 1. The molecule has 1 amide bonds. The van der Waals surface area contributed by atoms with Crippen molar-refractivity contribution >= 4 is 15.7 Å². The normalized spacial score (nSPS) is 23.4. The van der Waals surface area contributed by atoms with Gasteiger partial charge in [-0.2, -0.15) is 0 Å². The van der Waals surface area contributed by atoms with Crippen LogP contribution in [0.3, 0.4) is 0 Å². The summed E-state index contributed by atoms with van der Waals surface area (Å²) in [5.41, 5.74) is 0. The number of carbonyl (C=O) groups is 1. The lowest BCUT2D eigenvalue weighted by atomic mass is 10.1. The molecule has 2 fully saturated rings. The highest BCUT2D eigenvalue weighted by Crippen LogP contribution is 2.29. The molecule has 1 unspecified atom stereocenters. The van der Waals surface area contributed by atoms with Crippen molar-refractivity contribution in [2.24, 2.45) is 7.05 Å². The lowest BCUT2D eigenvalue weighted by molar-refractivity contribution is -0.136. The van der Waals surface area contributed by atoms with Gasteiger partial charge in [0.25, 0.3) is 0 Å². The minimum absolute atomic E-state index is 0.0470. The van der Waals surface area contributed by atoms with Gasteiger partial charge < -0.3 is 9.47 Å². The molecule has 1 atom stereocenters. The number of sulfone groups is 1. The van der Waals surface area contributed by atoms with Gasteiger partial charge in [-0.05, 0) is 26.3 Å². The summed E-state index contributed by atoms with van der Waals surface area (Å²) in [6, 6.07) is 0.0505. The third-order valence-electron chi connectivity index (χ3n) is 5.35. The summed E-state index contributed by atoms with van der Waals surface area (Å²) in [4.78, 5) is 21.2. The SMILES string of the molecule is CN(CC(=O)N(C1CCCC1)C1CCS(=O)(=O)C1)Cc1nccn1C. The van der Waals surface area contributed by atoms with Crippen LogP contribution in [0, 0.1) is 0 Å². The molecule has 7 nitrogen and oxygen atoms in total. The number of aromatic nitrogens is 2. The van der Waals surface area contributed by atoms with Crippen molar-refractivity contribution in [2.75, 3.05) is 25.1 Å². The molecule has 1 saturated carbocycles. The third-order valence-corrected chi connectivity index (χ3v) is 7.10. The Bertz CT molecular complexity index is 709. The minimum atomic E-state index is -3.00. The molecule has 0 spiro atoms. The summed E-state index contributed by atoms with van der Waals surface area (Å²) in [6.07, 6.45) is 8.44. The Morgan fingerprint density at radius 3 is 2.56 bits per heavy atom. The molecule has 1 aromatic rings. The number of rotatable bonds is 6. The van der Waals surface area contributed by atoms with Gasteiger partial charge in [-0.15, -0.1) is 0 Å². The van der Waals surface area contributed by atoms with Crippen molar-refractivity contribution in [3.63, 3.8) is 0 Å². The molecule has 2 aliphatic rings. The molecule has 25 heavy (non-hydrogen) atoms. The number of amides is 1. The second-order valence-corrected chi connectivity index (χ2v) is 9.65. The second-order valence-electron chi connectivity index (χ2n) is 7.42. The summed E-state index contributed by atoms with van der Waals surface area (Å²) in [6.45, 7) is 0.886. The average molecular weight is 369 g/mol. The predicted octanol–water partition coefficient (Wildman–Crippen LogP) is 0.810. The molecular weight excluding hydrogens is 340 g/mol. The van der Waals surface area contributed by atoms with E-state index in [1.54, 1.807) is 6.20 Å². The Morgan fingerprint density at radius 2 is 2.00 bits per heavy atom. The molecule has 140 valence electrons. The Balaban J connectivity index is 1.67. The van der Waals surface area contributed by atoms with E-state index in [0.29, 0.717) is 19.5 Å². The van der Waals surface area contributed by atoms with E-state index in [2.05, 4.69) is 4.98 Å². The van der Waals surface area contributed by atoms with E-state index in [-0.39, 0.29) is 29.5 Å². The highest BCUT2D eigenvalue weighted by molar-refractivity contribution is 7.91. The van der Waals surface area contributed by atoms with Crippen molar-refractivity contribution in [1.29, 1.82) is 0 Å². The topological polar surface area (TPSA) is 75.5 Å². The van der Waals surface area contributed by atoms with Gasteiger partial charge in [0.1, 0.15) is 5.82 Å². The smallest absolute Gasteiger partial charge is 0.237 e. The van der Waals surface area contributed by atoms with Crippen LogP contribution in [0.4, 0.5) is 0 Å². The first-order valence-electron chi connectivity index (χ1n) is 9.02.